The maximum absolute atomic E-state index is 12.9. The fraction of sp³-hybridized carbons (Fsp3) is 0.533. The van der Waals surface area contributed by atoms with Crippen molar-refractivity contribution in [2.45, 2.75) is 44.7 Å². The molecule has 0 bridgehead atoms. The number of aliphatic carboxylic acids is 1. The molecule has 0 aromatic heterocycles. The molecular formula is C15H20FNO2. The number of halogens is 1. The molecule has 0 amide bonds. The average Bonchev–Trinajstić information content (AvgIpc) is 2.39. The second-order valence-corrected chi connectivity index (χ2v) is 5.34. The zero-order valence-corrected chi connectivity index (χ0v) is 11.1. The van der Waals surface area contributed by atoms with E-state index in [2.05, 4.69) is 5.32 Å². The van der Waals surface area contributed by atoms with Crippen molar-refractivity contribution in [1.29, 1.82) is 0 Å². The number of carboxylic acid groups (broad SMARTS) is 1. The number of rotatable bonds is 4. The highest BCUT2D eigenvalue weighted by molar-refractivity contribution is 5.70. The van der Waals surface area contributed by atoms with Crippen molar-refractivity contribution in [3.63, 3.8) is 0 Å². The van der Waals surface area contributed by atoms with Crippen molar-refractivity contribution in [1.82, 2.24) is 5.32 Å². The van der Waals surface area contributed by atoms with Crippen LogP contribution in [0.5, 0.6) is 0 Å². The minimum absolute atomic E-state index is 0.109. The molecule has 4 heteroatoms. The summed E-state index contributed by atoms with van der Waals surface area (Å²) in [4.78, 5) is 11.0. The first-order chi connectivity index (χ1) is 9.06. The van der Waals surface area contributed by atoms with Crippen LogP contribution in [0.4, 0.5) is 4.39 Å². The van der Waals surface area contributed by atoms with Crippen molar-refractivity contribution in [3.05, 3.63) is 35.6 Å². The molecule has 2 N–H and O–H groups in total. The van der Waals surface area contributed by atoms with Crippen LogP contribution in [0.1, 0.15) is 44.2 Å². The minimum Gasteiger partial charge on any atom is -0.481 e. The fourth-order valence-corrected chi connectivity index (χ4v) is 2.77. The third-order valence-electron chi connectivity index (χ3n) is 3.88. The van der Waals surface area contributed by atoms with Gasteiger partial charge in [-0.05, 0) is 43.9 Å². The number of benzene rings is 1. The van der Waals surface area contributed by atoms with Gasteiger partial charge in [0.15, 0.2) is 0 Å². The van der Waals surface area contributed by atoms with Crippen LogP contribution >= 0.6 is 0 Å². The smallest absolute Gasteiger partial charge is 0.306 e. The van der Waals surface area contributed by atoms with Crippen molar-refractivity contribution < 1.29 is 14.3 Å². The van der Waals surface area contributed by atoms with Gasteiger partial charge in [-0.15, -0.1) is 0 Å². The Labute approximate surface area is 112 Å². The Morgan fingerprint density at radius 3 is 2.68 bits per heavy atom. The van der Waals surface area contributed by atoms with E-state index in [1.54, 1.807) is 12.1 Å². The van der Waals surface area contributed by atoms with E-state index in [4.69, 9.17) is 5.11 Å². The molecule has 0 radical (unpaired) electrons. The zero-order chi connectivity index (χ0) is 13.8. The average molecular weight is 265 g/mol. The minimum atomic E-state index is -0.694. The van der Waals surface area contributed by atoms with Gasteiger partial charge in [0.1, 0.15) is 5.82 Å². The molecular weight excluding hydrogens is 245 g/mol. The first-order valence-corrected chi connectivity index (χ1v) is 6.80. The normalized spacial score (nSPS) is 24.9. The molecule has 1 aromatic rings. The highest BCUT2D eigenvalue weighted by Gasteiger charge is 2.27. The predicted octanol–water partition coefficient (Wildman–Crippen LogP) is 3.12. The van der Waals surface area contributed by atoms with Crippen molar-refractivity contribution in [3.8, 4) is 0 Å². The molecule has 1 aliphatic rings. The van der Waals surface area contributed by atoms with E-state index in [1.807, 2.05) is 6.92 Å². The van der Waals surface area contributed by atoms with Gasteiger partial charge in [-0.3, -0.25) is 4.79 Å². The van der Waals surface area contributed by atoms with Crippen LogP contribution in [-0.4, -0.2) is 17.1 Å². The summed E-state index contributed by atoms with van der Waals surface area (Å²) in [6.07, 6.45) is 3.42. The quantitative estimate of drug-likeness (QED) is 0.879. The highest BCUT2D eigenvalue weighted by atomic mass is 19.1. The first-order valence-electron chi connectivity index (χ1n) is 6.80. The van der Waals surface area contributed by atoms with Gasteiger partial charge < -0.3 is 10.4 Å². The van der Waals surface area contributed by atoms with E-state index in [1.165, 1.54) is 12.1 Å². The molecule has 0 saturated heterocycles. The lowest BCUT2D eigenvalue weighted by Gasteiger charge is -2.30. The van der Waals surface area contributed by atoms with Gasteiger partial charge >= 0.3 is 5.97 Å². The Morgan fingerprint density at radius 1 is 1.37 bits per heavy atom. The summed E-state index contributed by atoms with van der Waals surface area (Å²) in [5.74, 6) is -1.16. The molecule has 1 aromatic carbocycles. The summed E-state index contributed by atoms with van der Waals surface area (Å²) in [6, 6.07) is 6.78. The highest BCUT2D eigenvalue weighted by Crippen LogP contribution is 2.26. The monoisotopic (exact) mass is 265 g/mol. The fourth-order valence-electron chi connectivity index (χ4n) is 2.77. The van der Waals surface area contributed by atoms with Crippen LogP contribution in [0.2, 0.25) is 0 Å². The van der Waals surface area contributed by atoms with Crippen LogP contribution in [0.3, 0.4) is 0 Å². The van der Waals surface area contributed by atoms with Gasteiger partial charge in [-0.2, -0.15) is 0 Å². The molecule has 2 rings (SSSR count). The SMILES string of the molecule is C[C@H](NC1CCCC(C(=O)O)C1)c1ccc(F)cc1. The van der Waals surface area contributed by atoms with Gasteiger partial charge in [0.05, 0.1) is 5.92 Å². The van der Waals surface area contributed by atoms with Crippen LogP contribution in [-0.2, 0) is 4.79 Å². The van der Waals surface area contributed by atoms with E-state index in [0.717, 1.165) is 24.8 Å². The summed E-state index contributed by atoms with van der Waals surface area (Å²) in [7, 11) is 0. The van der Waals surface area contributed by atoms with E-state index in [-0.39, 0.29) is 23.8 Å². The Bertz CT molecular complexity index is 432. The third kappa shape index (κ3) is 3.77. The van der Waals surface area contributed by atoms with Crippen molar-refractivity contribution in [2.75, 3.05) is 0 Å². The van der Waals surface area contributed by atoms with E-state index < -0.39 is 5.97 Å². The molecule has 3 atom stereocenters. The summed E-state index contributed by atoms with van der Waals surface area (Å²) in [5.41, 5.74) is 1.03. The Kier molecular flexibility index (Phi) is 4.53. The Morgan fingerprint density at radius 2 is 2.05 bits per heavy atom. The van der Waals surface area contributed by atoms with Gasteiger partial charge in [0, 0.05) is 12.1 Å². The molecule has 19 heavy (non-hydrogen) atoms. The largest absolute Gasteiger partial charge is 0.481 e. The summed E-state index contributed by atoms with van der Waals surface area (Å²) in [5, 5.41) is 12.5. The van der Waals surface area contributed by atoms with E-state index in [0.29, 0.717) is 6.42 Å². The molecule has 0 heterocycles. The standard InChI is InChI=1S/C15H20FNO2/c1-10(11-5-7-13(16)8-6-11)17-14-4-2-3-12(9-14)15(18)19/h5-8,10,12,14,17H,2-4,9H2,1H3,(H,18,19)/t10-,12?,14?/m0/s1. The van der Waals surface area contributed by atoms with Crippen LogP contribution in [0.15, 0.2) is 24.3 Å². The topological polar surface area (TPSA) is 49.3 Å². The lowest BCUT2D eigenvalue weighted by Crippen LogP contribution is -2.37. The van der Waals surface area contributed by atoms with Gasteiger partial charge in [0.2, 0.25) is 0 Å². The molecule has 1 aliphatic carbocycles. The van der Waals surface area contributed by atoms with Gasteiger partial charge in [-0.25, -0.2) is 4.39 Å². The second-order valence-electron chi connectivity index (χ2n) is 5.34. The summed E-state index contributed by atoms with van der Waals surface area (Å²) < 4.78 is 12.9. The van der Waals surface area contributed by atoms with Crippen LogP contribution < -0.4 is 5.32 Å². The number of carbonyl (C=O) groups is 1. The maximum atomic E-state index is 12.9. The third-order valence-corrected chi connectivity index (χ3v) is 3.88. The second kappa shape index (κ2) is 6.15. The molecule has 0 spiro atoms. The van der Waals surface area contributed by atoms with E-state index in [9.17, 15) is 9.18 Å². The maximum Gasteiger partial charge on any atom is 0.306 e. The number of carboxylic acids is 1. The van der Waals surface area contributed by atoms with Crippen LogP contribution in [0.25, 0.3) is 0 Å². The summed E-state index contributed by atoms with van der Waals surface area (Å²) >= 11 is 0. The summed E-state index contributed by atoms with van der Waals surface area (Å²) in [6.45, 7) is 2.03. The zero-order valence-electron chi connectivity index (χ0n) is 11.1. The molecule has 2 unspecified atom stereocenters. The van der Waals surface area contributed by atoms with Crippen LogP contribution in [0, 0.1) is 11.7 Å². The lowest BCUT2D eigenvalue weighted by atomic mass is 9.85. The number of nitrogens with one attached hydrogen (secondary N) is 1. The predicted molar refractivity (Wildman–Crippen MR) is 71.3 cm³/mol. The molecule has 1 saturated carbocycles. The van der Waals surface area contributed by atoms with E-state index >= 15 is 0 Å². The molecule has 104 valence electrons. The molecule has 1 fully saturated rings. The molecule has 3 nitrogen and oxygen atoms in total. The Balaban J connectivity index is 1.93. The first kappa shape index (κ1) is 14.0. The molecule has 0 aliphatic heterocycles. The lowest BCUT2D eigenvalue weighted by molar-refractivity contribution is -0.143. The van der Waals surface area contributed by atoms with Crippen molar-refractivity contribution in [2.24, 2.45) is 5.92 Å². The Hall–Kier alpha value is -1.42. The number of hydrogen-bond donors (Lipinski definition) is 2. The van der Waals surface area contributed by atoms with Gasteiger partial charge in [-0.1, -0.05) is 18.6 Å². The van der Waals surface area contributed by atoms with Crippen molar-refractivity contribution >= 4 is 5.97 Å². The number of hydrogen-bond acceptors (Lipinski definition) is 2. The van der Waals surface area contributed by atoms with Gasteiger partial charge in [0.25, 0.3) is 0 Å².